The smallest absolute Gasteiger partial charge is 0.354 e. The molecular formula is C12H14N2O3. The first kappa shape index (κ1) is 11.4. The molecule has 90 valence electrons. The highest BCUT2D eigenvalue weighted by Gasteiger charge is 2.13. The molecule has 0 saturated heterocycles. The number of esters is 1. The molecule has 2 aromatic rings. The van der Waals surface area contributed by atoms with E-state index in [1.54, 1.807) is 23.6 Å². The Balaban J connectivity index is 2.16. The lowest BCUT2D eigenvalue weighted by Gasteiger charge is -2.05. The van der Waals surface area contributed by atoms with E-state index in [0.29, 0.717) is 24.6 Å². The maximum Gasteiger partial charge on any atom is 0.354 e. The van der Waals surface area contributed by atoms with Gasteiger partial charge in [-0.2, -0.15) is 0 Å². The van der Waals surface area contributed by atoms with Crippen LogP contribution < -0.4 is 0 Å². The quantitative estimate of drug-likeness (QED) is 0.759. The lowest BCUT2D eigenvalue weighted by Crippen LogP contribution is -2.12. The summed E-state index contributed by atoms with van der Waals surface area (Å²) in [7, 11) is 0. The zero-order valence-electron chi connectivity index (χ0n) is 9.84. The molecule has 0 aliphatic rings. The lowest BCUT2D eigenvalue weighted by atomic mass is 10.3. The first-order valence-corrected chi connectivity index (χ1v) is 5.45. The molecule has 0 N–H and O–H groups in total. The molecule has 0 saturated carbocycles. The molecule has 0 radical (unpaired) electrons. The third-order valence-electron chi connectivity index (χ3n) is 2.32. The van der Waals surface area contributed by atoms with Gasteiger partial charge in [0.05, 0.1) is 18.8 Å². The van der Waals surface area contributed by atoms with Crippen molar-refractivity contribution in [2.24, 2.45) is 0 Å². The van der Waals surface area contributed by atoms with Crippen LogP contribution in [0.5, 0.6) is 0 Å². The van der Waals surface area contributed by atoms with Crippen molar-refractivity contribution >= 4 is 5.97 Å². The third kappa shape index (κ3) is 2.55. The Labute approximate surface area is 99.0 Å². The van der Waals surface area contributed by atoms with Crippen molar-refractivity contribution in [3.05, 3.63) is 41.5 Å². The number of aromatic nitrogens is 2. The van der Waals surface area contributed by atoms with E-state index < -0.39 is 0 Å². The zero-order chi connectivity index (χ0) is 12.3. The highest BCUT2D eigenvalue weighted by molar-refractivity contribution is 5.87. The summed E-state index contributed by atoms with van der Waals surface area (Å²) in [5, 5.41) is 3.80. The minimum absolute atomic E-state index is 0.325. The SMILES string of the molecule is CCOC(=O)c1cccn1Cc1cc(C)no1. The van der Waals surface area contributed by atoms with Crippen molar-refractivity contribution in [3.63, 3.8) is 0 Å². The predicted octanol–water partition coefficient (Wildman–Crippen LogP) is 2.01. The Morgan fingerprint density at radius 2 is 2.41 bits per heavy atom. The van der Waals surface area contributed by atoms with Gasteiger partial charge < -0.3 is 13.8 Å². The van der Waals surface area contributed by atoms with Gasteiger partial charge in [0.25, 0.3) is 0 Å². The fourth-order valence-electron chi connectivity index (χ4n) is 1.60. The first-order chi connectivity index (χ1) is 8.20. The number of carbonyl (C=O) groups excluding carboxylic acids is 1. The molecule has 0 bridgehead atoms. The second-order valence-electron chi connectivity index (χ2n) is 3.68. The maximum absolute atomic E-state index is 11.6. The zero-order valence-corrected chi connectivity index (χ0v) is 9.84. The van der Waals surface area contributed by atoms with Crippen LogP contribution >= 0.6 is 0 Å². The highest BCUT2D eigenvalue weighted by Crippen LogP contribution is 2.10. The van der Waals surface area contributed by atoms with Crippen LogP contribution in [0.15, 0.2) is 28.9 Å². The third-order valence-corrected chi connectivity index (χ3v) is 2.32. The van der Waals surface area contributed by atoms with Crippen molar-refractivity contribution in [2.75, 3.05) is 6.61 Å². The van der Waals surface area contributed by atoms with Gasteiger partial charge in [-0.15, -0.1) is 0 Å². The molecule has 0 fully saturated rings. The van der Waals surface area contributed by atoms with Crippen LogP contribution in [-0.4, -0.2) is 22.3 Å². The van der Waals surface area contributed by atoms with Gasteiger partial charge in [-0.1, -0.05) is 5.16 Å². The van der Waals surface area contributed by atoms with Gasteiger partial charge in [-0.05, 0) is 26.0 Å². The molecule has 0 atom stereocenters. The fraction of sp³-hybridized carbons (Fsp3) is 0.333. The van der Waals surface area contributed by atoms with Crippen LogP contribution in [0, 0.1) is 6.92 Å². The number of carbonyl (C=O) groups is 1. The standard InChI is InChI=1S/C12H14N2O3/c1-3-16-12(15)11-5-4-6-14(11)8-10-7-9(2)13-17-10/h4-7H,3,8H2,1-2H3. The van der Waals surface area contributed by atoms with E-state index in [2.05, 4.69) is 5.16 Å². The summed E-state index contributed by atoms with van der Waals surface area (Å²) in [6, 6.07) is 5.37. The summed E-state index contributed by atoms with van der Waals surface area (Å²) < 4.78 is 11.8. The average molecular weight is 234 g/mol. The molecule has 5 nitrogen and oxygen atoms in total. The molecule has 5 heteroatoms. The summed E-state index contributed by atoms with van der Waals surface area (Å²) in [5.74, 6) is 0.387. The second-order valence-corrected chi connectivity index (χ2v) is 3.68. The molecule has 2 rings (SSSR count). The topological polar surface area (TPSA) is 57.3 Å². The summed E-state index contributed by atoms with van der Waals surface area (Å²) in [5.41, 5.74) is 1.34. The minimum atomic E-state index is -0.325. The van der Waals surface area contributed by atoms with Crippen molar-refractivity contribution in [1.82, 2.24) is 9.72 Å². The molecule has 0 unspecified atom stereocenters. The van der Waals surface area contributed by atoms with Crippen molar-refractivity contribution in [1.29, 1.82) is 0 Å². The molecule has 0 spiro atoms. The number of aryl methyl sites for hydroxylation is 1. The van der Waals surface area contributed by atoms with Gasteiger partial charge in [-0.25, -0.2) is 4.79 Å². The summed E-state index contributed by atoms with van der Waals surface area (Å²) >= 11 is 0. The molecule has 0 aliphatic carbocycles. The van der Waals surface area contributed by atoms with Gasteiger partial charge in [0.2, 0.25) is 0 Å². The first-order valence-electron chi connectivity index (χ1n) is 5.45. The highest BCUT2D eigenvalue weighted by atomic mass is 16.5. The van der Waals surface area contributed by atoms with E-state index >= 15 is 0 Å². The lowest BCUT2D eigenvalue weighted by molar-refractivity contribution is 0.0514. The number of nitrogens with zero attached hydrogens (tertiary/aromatic N) is 2. The molecule has 2 heterocycles. The Morgan fingerprint density at radius 3 is 3.06 bits per heavy atom. The van der Waals surface area contributed by atoms with Crippen LogP contribution in [0.2, 0.25) is 0 Å². The van der Waals surface area contributed by atoms with Crippen LogP contribution in [-0.2, 0) is 11.3 Å². The summed E-state index contributed by atoms with van der Waals surface area (Å²) in [6.07, 6.45) is 1.81. The molecule has 0 aromatic carbocycles. The average Bonchev–Trinajstić information content (AvgIpc) is 2.89. The van der Waals surface area contributed by atoms with Crippen molar-refractivity contribution < 1.29 is 14.1 Å². The van der Waals surface area contributed by atoms with Gasteiger partial charge in [0.1, 0.15) is 5.69 Å². The minimum Gasteiger partial charge on any atom is -0.461 e. The van der Waals surface area contributed by atoms with Crippen LogP contribution in [0.25, 0.3) is 0 Å². The van der Waals surface area contributed by atoms with Gasteiger partial charge >= 0.3 is 5.97 Å². The van der Waals surface area contributed by atoms with Crippen molar-refractivity contribution in [2.45, 2.75) is 20.4 Å². The Bertz CT molecular complexity index is 513. The van der Waals surface area contributed by atoms with Gasteiger partial charge in [0.15, 0.2) is 5.76 Å². The van der Waals surface area contributed by atoms with E-state index in [1.165, 1.54) is 0 Å². The molecular weight excluding hydrogens is 220 g/mol. The van der Waals surface area contributed by atoms with E-state index in [1.807, 2.05) is 19.2 Å². The van der Waals surface area contributed by atoms with Crippen LogP contribution in [0.4, 0.5) is 0 Å². The maximum atomic E-state index is 11.6. The Hall–Kier alpha value is -2.04. The molecule has 17 heavy (non-hydrogen) atoms. The number of ether oxygens (including phenoxy) is 1. The molecule has 2 aromatic heterocycles. The van der Waals surface area contributed by atoms with Gasteiger partial charge in [-0.3, -0.25) is 0 Å². The fourth-order valence-corrected chi connectivity index (χ4v) is 1.60. The molecule has 0 aliphatic heterocycles. The van der Waals surface area contributed by atoms with E-state index in [4.69, 9.17) is 9.26 Å². The Kier molecular flexibility index (Phi) is 3.27. The van der Waals surface area contributed by atoms with E-state index in [0.717, 1.165) is 5.69 Å². The monoisotopic (exact) mass is 234 g/mol. The largest absolute Gasteiger partial charge is 0.461 e. The number of hydrogen-bond acceptors (Lipinski definition) is 4. The van der Waals surface area contributed by atoms with Crippen molar-refractivity contribution in [3.8, 4) is 0 Å². The molecule has 0 amide bonds. The van der Waals surface area contributed by atoms with Crippen LogP contribution in [0.3, 0.4) is 0 Å². The van der Waals surface area contributed by atoms with Gasteiger partial charge in [0, 0.05) is 12.3 Å². The number of hydrogen-bond donors (Lipinski definition) is 0. The normalized spacial score (nSPS) is 10.5. The van der Waals surface area contributed by atoms with E-state index in [-0.39, 0.29) is 5.97 Å². The second kappa shape index (κ2) is 4.86. The summed E-state index contributed by atoms with van der Waals surface area (Å²) in [4.78, 5) is 11.6. The summed E-state index contributed by atoms with van der Waals surface area (Å²) in [6.45, 7) is 4.48. The predicted molar refractivity (Wildman–Crippen MR) is 60.7 cm³/mol. The number of rotatable bonds is 4. The van der Waals surface area contributed by atoms with E-state index in [9.17, 15) is 4.79 Å². The Morgan fingerprint density at radius 1 is 1.59 bits per heavy atom. The van der Waals surface area contributed by atoms with Crippen LogP contribution in [0.1, 0.15) is 28.9 Å².